The molecule has 0 unspecified atom stereocenters. The summed E-state index contributed by atoms with van der Waals surface area (Å²) in [6, 6.07) is 10.8. The third kappa shape index (κ3) is 3.32. The molecule has 0 saturated heterocycles. The van der Waals surface area contributed by atoms with Gasteiger partial charge >= 0.3 is 5.69 Å². The Balaban J connectivity index is 1.95. The second kappa shape index (κ2) is 6.91. The van der Waals surface area contributed by atoms with E-state index in [0.29, 0.717) is 17.1 Å². The predicted molar refractivity (Wildman–Crippen MR) is 96.1 cm³/mol. The first-order valence-corrected chi connectivity index (χ1v) is 8.18. The van der Waals surface area contributed by atoms with Gasteiger partial charge in [-0.05, 0) is 41.1 Å². The van der Waals surface area contributed by atoms with Crippen LogP contribution < -0.4 is 10.4 Å². The third-order valence-corrected chi connectivity index (χ3v) is 4.43. The van der Waals surface area contributed by atoms with Crippen molar-refractivity contribution in [2.24, 2.45) is 7.05 Å². The Morgan fingerprint density at radius 3 is 2.76 bits per heavy atom. The van der Waals surface area contributed by atoms with Gasteiger partial charge in [0.25, 0.3) is 0 Å². The van der Waals surface area contributed by atoms with Crippen LogP contribution in [0.3, 0.4) is 0 Å². The van der Waals surface area contributed by atoms with E-state index in [1.807, 2.05) is 19.1 Å². The largest absolute Gasteiger partial charge is 0.490 e. The summed E-state index contributed by atoms with van der Waals surface area (Å²) < 4.78 is 8.98. The maximum atomic E-state index is 12.1. The van der Waals surface area contributed by atoms with Gasteiger partial charge < -0.3 is 4.74 Å². The topological polar surface area (TPSA) is 66.3 Å². The van der Waals surface area contributed by atoms with E-state index >= 15 is 0 Å². The first-order valence-electron chi connectivity index (χ1n) is 7.39. The Morgan fingerprint density at radius 1 is 1.28 bits per heavy atom. The Kier molecular flexibility index (Phi) is 4.67. The van der Waals surface area contributed by atoms with Crippen molar-refractivity contribution in [1.29, 1.82) is 0 Å². The summed E-state index contributed by atoms with van der Waals surface area (Å²) in [5.74, 6) is 0.579. The second-order valence-electron chi connectivity index (χ2n) is 5.38. The summed E-state index contributed by atoms with van der Waals surface area (Å²) >= 11 is 3.33. The first kappa shape index (κ1) is 16.9. The van der Waals surface area contributed by atoms with Crippen LogP contribution in [0, 0.1) is 13.5 Å². The molecule has 0 bridgehead atoms. The summed E-state index contributed by atoms with van der Waals surface area (Å²) in [4.78, 5) is 15.6. The molecule has 25 heavy (non-hydrogen) atoms. The molecule has 1 aromatic heterocycles. The van der Waals surface area contributed by atoms with Gasteiger partial charge in [0.15, 0.2) is 0 Å². The minimum absolute atomic E-state index is 0.240. The molecule has 0 fully saturated rings. The molecule has 0 aliphatic heterocycles. The molecule has 7 nitrogen and oxygen atoms in total. The standard InChI is InChI=1S/C17H14BrN5O2/c1-11-5-4-6-16(23-17(24)22(3)20-21-23)13(11)10-25-12-7-8-14(18)15(9-12)19-2/h4-9H,10H2,1,3H3. The normalized spacial score (nSPS) is 10.5. The van der Waals surface area contributed by atoms with E-state index in [2.05, 4.69) is 31.2 Å². The molecule has 0 atom stereocenters. The summed E-state index contributed by atoms with van der Waals surface area (Å²) in [5, 5.41) is 7.65. The number of hydrogen-bond donors (Lipinski definition) is 0. The van der Waals surface area contributed by atoms with E-state index in [1.165, 1.54) is 9.36 Å². The summed E-state index contributed by atoms with van der Waals surface area (Å²) in [5.41, 5.74) is 2.58. The summed E-state index contributed by atoms with van der Waals surface area (Å²) in [6.45, 7) is 9.35. The number of ether oxygens (including phenoxy) is 1. The number of tetrazole rings is 1. The van der Waals surface area contributed by atoms with E-state index in [-0.39, 0.29) is 12.3 Å². The van der Waals surface area contributed by atoms with Gasteiger partial charge in [-0.2, -0.15) is 9.36 Å². The lowest BCUT2D eigenvalue weighted by Crippen LogP contribution is -2.23. The van der Waals surface area contributed by atoms with Gasteiger partial charge in [-0.1, -0.05) is 34.1 Å². The zero-order chi connectivity index (χ0) is 18.0. The maximum Gasteiger partial charge on any atom is 0.368 e. The number of hydrogen-bond acceptors (Lipinski definition) is 4. The SMILES string of the molecule is [C-]#[N+]c1cc(OCc2c(C)cccc2-n2nnn(C)c2=O)ccc1Br. The molecule has 1 heterocycles. The van der Waals surface area contributed by atoms with Crippen molar-refractivity contribution in [2.45, 2.75) is 13.5 Å². The van der Waals surface area contributed by atoms with E-state index in [0.717, 1.165) is 15.6 Å². The van der Waals surface area contributed by atoms with Crippen molar-refractivity contribution in [3.8, 4) is 11.4 Å². The van der Waals surface area contributed by atoms with Crippen molar-refractivity contribution in [3.05, 3.63) is 73.9 Å². The molecule has 0 spiro atoms. The van der Waals surface area contributed by atoms with Gasteiger partial charge in [0, 0.05) is 17.1 Å². The molecule has 0 aliphatic rings. The fourth-order valence-corrected chi connectivity index (χ4v) is 2.70. The maximum absolute atomic E-state index is 12.1. The van der Waals surface area contributed by atoms with Crippen molar-refractivity contribution >= 4 is 21.6 Å². The molecular weight excluding hydrogens is 386 g/mol. The third-order valence-electron chi connectivity index (χ3n) is 3.76. The van der Waals surface area contributed by atoms with Crippen molar-refractivity contribution in [2.75, 3.05) is 0 Å². The van der Waals surface area contributed by atoms with Crippen LogP contribution in [0.25, 0.3) is 10.5 Å². The number of benzene rings is 2. The van der Waals surface area contributed by atoms with Crippen LogP contribution >= 0.6 is 15.9 Å². The molecule has 3 aromatic rings. The van der Waals surface area contributed by atoms with Crippen LogP contribution in [0.5, 0.6) is 5.75 Å². The van der Waals surface area contributed by atoms with Gasteiger partial charge in [-0.25, -0.2) is 9.64 Å². The molecule has 0 amide bonds. The lowest BCUT2D eigenvalue weighted by Gasteiger charge is -2.13. The monoisotopic (exact) mass is 399 g/mol. The number of nitrogens with zero attached hydrogens (tertiary/aromatic N) is 5. The van der Waals surface area contributed by atoms with E-state index in [9.17, 15) is 4.79 Å². The number of rotatable bonds is 4. The van der Waals surface area contributed by atoms with Crippen molar-refractivity contribution in [3.63, 3.8) is 0 Å². The van der Waals surface area contributed by atoms with Crippen LogP contribution in [0.2, 0.25) is 0 Å². The molecule has 0 saturated carbocycles. The lowest BCUT2D eigenvalue weighted by molar-refractivity contribution is 0.305. The highest BCUT2D eigenvalue weighted by molar-refractivity contribution is 9.10. The highest BCUT2D eigenvalue weighted by atomic mass is 79.9. The molecule has 0 aliphatic carbocycles. The highest BCUT2D eigenvalue weighted by Gasteiger charge is 2.13. The zero-order valence-corrected chi connectivity index (χ0v) is 15.2. The molecule has 8 heteroatoms. The van der Waals surface area contributed by atoms with Crippen molar-refractivity contribution < 1.29 is 4.74 Å². The number of halogens is 1. The molecule has 2 aromatic carbocycles. The zero-order valence-electron chi connectivity index (χ0n) is 13.6. The lowest BCUT2D eigenvalue weighted by atomic mass is 10.1. The number of aromatic nitrogens is 4. The highest BCUT2D eigenvalue weighted by Crippen LogP contribution is 2.30. The Hall–Kier alpha value is -2.92. The van der Waals surface area contributed by atoms with Crippen LogP contribution in [0.1, 0.15) is 11.1 Å². The quantitative estimate of drug-likeness (QED) is 0.631. The molecule has 126 valence electrons. The van der Waals surface area contributed by atoms with E-state index < -0.39 is 0 Å². The van der Waals surface area contributed by atoms with Crippen LogP contribution in [0.15, 0.2) is 45.7 Å². The second-order valence-corrected chi connectivity index (χ2v) is 6.24. The molecular formula is C17H14BrN5O2. The van der Waals surface area contributed by atoms with Crippen LogP contribution in [-0.4, -0.2) is 19.8 Å². The first-order chi connectivity index (χ1) is 12.0. The van der Waals surface area contributed by atoms with E-state index in [1.54, 1.807) is 31.3 Å². The predicted octanol–water partition coefficient (Wildman–Crippen LogP) is 3.17. The molecule has 0 radical (unpaired) electrons. The van der Waals surface area contributed by atoms with Gasteiger partial charge in [0.2, 0.25) is 5.69 Å². The Labute approximate surface area is 152 Å². The number of aryl methyl sites for hydroxylation is 2. The van der Waals surface area contributed by atoms with Crippen molar-refractivity contribution in [1.82, 2.24) is 19.8 Å². The summed E-state index contributed by atoms with van der Waals surface area (Å²) in [7, 11) is 1.55. The minimum atomic E-state index is -0.328. The van der Waals surface area contributed by atoms with Gasteiger partial charge in [0.05, 0.1) is 12.3 Å². The van der Waals surface area contributed by atoms with Gasteiger partial charge in [-0.3, -0.25) is 0 Å². The van der Waals surface area contributed by atoms with Crippen LogP contribution in [0.4, 0.5) is 5.69 Å². The summed E-state index contributed by atoms with van der Waals surface area (Å²) in [6.07, 6.45) is 0. The van der Waals surface area contributed by atoms with E-state index in [4.69, 9.17) is 11.3 Å². The fraction of sp³-hybridized carbons (Fsp3) is 0.176. The average molecular weight is 400 g/mol. The Bertz CT molecular complexity index is 1030. The smallest absolute Gasteiger partial charge is 0.368 e. The average Bonchev–Trinajstić information content (AvgIpc) is 2.94. The van der Waals surface area contributed by atoms with Crippen LogP contribution in [-0.2, 0) is 13.7 Å². The Morgan fingerprint density at radius 2 is 2.08 bits per heavy atom. The minimum Gasteiger partial charge on any atom is -0.490 e. The molecule has 0 N–H and O–H groups in total. The van der Waals surface area contributed by atoms with Gasteiger partial charge in [0.1, 0.15) is 12.4 Å². The van der Waals surface area contributed by atoms with Gasteiger partial charge in [-0.15, -0.1) is 0 Å². The molecule has 3 rings (SSSR count). The fourth-order valence-electron chi connectivity index (χ4n) is 2.36.